The number of hydrogen-bond acceptors (Lipinski definition) is 5. The van der Waals surface area contributed by atoms with Crippen molar-refractivity contribution in [1.29, 1.82) is 0 Å². The third-order valence-corrected chi connectivity index (χ3v) is 3.39. The third-order valence-electron chi connectivity index (χ3n) is 3.39. The van der Waals surface area contributed by atoms with E-state index in [9.17, 15) is 5.11 Å². The Labute approximate surface area is 117 Å². The van der Waals surface area contributed by atoms with E-state index in [1.807, 2.05) is 25.1 Å². The Morgan fingerprint density at radius 1 is 1.45 bits per heavy atom. The minimum atomic E-state index is -0.571. The molecule has 0 spiro atoms. The Hall–Kier alpha value is -1.88. The van der Waals surface area contributed by atoms with Crippen molar-refractivity contribution in [3.05, 3.63) is 41.0 Å². The van der Waals surface area contributed by atoms with E-state index < -0.39 is 6.10 Å². The summed E-state index contributed by atoms with van der Waals surface area (Å²) in [5, 5.41) is 13.7. The smallest absolute Gasteiger partial charge is 0.229 e. The minimum absolute atomic E-state index is 0.249. The molecule has 1 aliphatic rings. The van der Waals surface area contributed by atoms with Crippen molar-refractivity contribution < 1.29 is 14.4 Å². The fraction of sp³-hybridized carbons (Fsp3) is 0.467. The monoisotopic (exact) mass is 274 g/mol. The van der Waals surface area contributed by atoms with E-state index in [0.717, 1.165) is 24.0 Å². The molecule has 0 radical (unpaired) electrons. The van der Waals surface area contributed by atoms with Crippen LogP contribution in [-0.2, 0) is 6.61 Å². The lowest BCUT2D eigenvalue weighted by atomic mass is 10.1. The molecule has 1 aliphatic carbocycles. The van der Waals surface area contributed by atoms with Gasteiger partial charge in [-0.2, -0.15) is 4.98 Å². The molecule has 1 aromatic heterocycles. The highest BCUT2D eigenvalue weighted by Gasteiger charge is 2.29. The van der Waals surface area contributed by atoms with Gasteiger partial charge < -0.3 is 14.4 Å². The van der Waals surface area contributed by atoms with Gasteiger partial charge in [0.1, 0.15) is 5.75 Å². The normalized spacial score (nSPS) is 16.1. The van der Waals surface area contributed by atoms with Gasteiger partial charge in [0.2, 0.25) is 11.7 Å². The van der Waals surface area contributed by atoms with E-state index in [4.69, 9.17) is 9.26 Å². The molecular weight excluding hydrogens is 256 g/mol. The maximum absolute atomic E-state index is 9.75. The summed E-state index contributed by atoms with van der Waals surface area (Å²) < 4.78 is 10.9. The second-order valence-corrected chi connectivity index (χ2v) is 5.33. The first kappa shape index (κ1) is 13.1. The Morgan fingerprint density at radius 3 is 2.95 bits per heavy atom. The summed E-state index contributed by atoms with van der Waals surface area (Å²) >= 11 is 0. The van der Waals surface area contributed by atoms with Crippen molar-refractivity contribution in [3.63, 3.8) is 0 Å². The molecule has 0 saturated heterocycles. The zero-order valence-corrected chi connectivity index (χ0v) is 11.7. The second-order valence-electron chi connectivity index (χ2n) is 5.33. The largest absolute Gasteiger partial charge is 0.485 e. The summed E-state index contributed by atoms with van der Waals surface area (Å²) in [5.41, 5.74) is 1.85. The molecule has 0 amide bonds. The predicted molar refractivity (Wildman–Crippen MR) is 72.4 cm³/mol. The molecule has 2 aromatic rings. The predicted octanol–water partition coefficient (Wildman–Crippen LogP) is 2.89. The molecule has 1 heterocycles. The molecule has 1 saturated carbocycles. The standard InChI is InChI=1S/C15H18N2O3/c1-9-3-6-12(10(2)18)13(7-9)19-8-14-16-15(20-17-14)11-4-5-11/h3,6-7,10-11,18H,4-5,8H2,1-2H3/t10-/m1/s1. The van der Waals surface area contributed by atoms with Crippen molar-refractivity contribution in [1.82, 2.24) is 10.1 Å². The number of aromatic nitrogens is 2. The van der Waals surface area contributed by atoms with E-state index >= 15 is 0 Å². The molecule has 5 nitrogen and oxygen atoms in total. The molecule has 0 unspecified atom stereocenters. The van der Waals surface area contributed by atoms with Crippen LogP contribution in [0.4, 0.5) is 0 Å². The van der Waals surface area contributed by atoms with Crippen LogP contribution in [0.2, 0.25) is 0 Å². The topological polar surface area (TPSA) is 68.4 Å². The second kappa shape index (κ2) is 5.25. The molecule has 20 heavy (non-hydrogen) atoms. The molecular formula is C15H18N2O3. The molecule has 0 aliphatic heterocycles. The van der Waals surface area contributed by atoms with Crippen molar-refractivity contribution >= 4 is 0 Å². The van der Waals surface area contributed by atoms with Gasteiger partial charge in [0.05, 0.1) is 6.10 Å². The van der Waals surface area contributed by atoms with Crippen molar-refractivity contribution in [2.24, 2.45) is 0 Å². The fourth-order valence-electron chi connectivity index (χ4n) is 2.08. The van der Waals surface area contributed by atoms with Gasteiger partial charge in [-0.3, -0.25) is 0 Å². The van der Waals surface area contributed by atoms with Gasteiger partial charge >= 0.3 is 0 Å². The number of aliphatic hydroxyl groups is 1. The Kier molecular flexibility index (Phi) is 3.44. The molecule has 1 aromatic carbocycles. The molecule has 1 fully saturated rings. The zero-order chi connectivity index (χ0) is 14.1. The van der Waals surface area contributed by atoms with Crippen LogP contribution >= 0.6 is 0 Å². The Balaban J connectivity index is 1.71. The van der Waals surface area contributed by atoms with Crippen molar-refractivity contribution in [3.8, 4) is 5.75 Å². The van der Waals surface area contributed by atoms with E-state index in [0.29, 0.717) is 23.4 Å². The molecule has 5 heteroatoms. The molecule has 3 rings (SSSR count). The summed E-state index contributed by atoms with van der Waals surface area (Å²) in [4.78, 5) is 4.32. The maximum atomic E-state index is 9.75. The van der Waals surface area contributed by atoms with Gasteiger partial charge in [-0.05, 0) is 38.3 Å². The van der Waals surface area contributed by atoms with Gasteiger partial charge in [-0.1, -0.05) is 17.3 Å². The molecule has 1 N–H and O–H groups in total. The highest BCUT2D eigenvalue weighted by molar-refractivity contribution is 5.38. The van der Waals surface area contributed by atoms with E-state index in [1.54, 1.807) is 6.92 Å². The summed E-state index contributed by atoms with van der Waals surface area (Å²) in [6.07, 6.45) is 1.69. The van der Waals surface area contributed by atoms with E-state index in [1.165, 1.54) is 0 Å². The lowest BCUT2D eigenvalue weighted by Gasteiger charge is -2.13. The van der Waals surface area contributed by atoms with E-state index in [-0.39, 0.29) is 6.61 Å². The Morgan fingerprint density at radius 2 is 2.25 bits per heavy atom. The van der Waals surface area contributed by atoms with Crippen LogP contribution in [0.3, 0.4) is 0 Å². The first-order valence-electron chi connectivity index (χ1n) is 6.87. The van der Waals surface area contributed by atoms with Gasteiger partial charge in [-0.25, -0.2) is 0 Å². The number of aryl methyl sites for hydroxylation is 1. The zero-order valence-electron chi connectivity index (χ0n) is 11.7. The van der Waals surface area contributed by atoms with Gasteiger partial charge in [0.15, 0.2) is 6.61 Å². The van der Waals surface area contributed by atoms with Crippen LogP contribution in [0.5, 0.6) is 5.75 Å². The maximum Gasteiger partial charge on any atom is 0.229 e. The quantitative estimate of drug-likeness (QED) is 0.908. The van der Waals surface area contributed by atoms with Crippen LogP contribution < -0.4 is 4.74 Å². The van der Waals surface area contributed by atoms with Crippen molar-refractivity contribution in [2.75, 3.05) is 0 Å². The number of nitrogens with zero attached hydrogens (tertiary/aromatic N) is 2. The molecule has 106 valence electrons. The number of rotatable bonds is 5. The van der Waals surface area contributed by atoms with Crippen LogP contribution in [0.1, 0.15) is 54.6 Å². The van der Waals surface area contributed by atoms with Crippen LogP contribution in [0.15, 0.2) is 22.7 Å². The first-order valence-corrected chi connectivity index (χ1v) is 6.87. The number of aliphatic hydroxyl groups excluding tert-OH is 1. The third kappa shape index (κ3) is 2.82. The number of ether oxygens (including phenoxy) is 1. The average Bonchev–Trinajstić information content (AvgIpc) is 3.15. The highest BCUT2D eigenvalue weighted by Crippen LogP contribution is 2.38. The number of benzene rings is 1. The van der Waals surface area contributed by atoms with Crippen LogP contribution in [0, 0.1) is 6.92 Å². The van der Waals surface area contributed by atoms with E-state index in [2.05, 4.69) is 10.1 Å². The van der Waals surface area contributed by atoms with Crippen LogP contribution in [0.25, 0.3) is 0 Å². The highest BCUT2D eigenvalue weighted by atomic mass is 16.5. The summed E-state index contributed by atoms with van der Waals surface area (Å²) in [6, 6.07) is 5.74. The molecule has 0 bridgehead atoms. The minimum Gasteiger partial charge on any atom is -0.485 e. The van der Waals surface area contributed by atoms with Gasteiger partial charge in [0.25, 0.3) is 0 Å². The Bertz CT molecular complexity index is 603. The fourth-order valence-corrected chi connectivity index (χ4v) is 2.08. The van der Waals surface area contributed by atoms with Crippen LogP contribution in [-0.4, -0.2) is 15.2 Å². The summed E-state index contributed by atoms with van der Waals surface area (Å²) in [5.74, 6) is 2.37. The van der Waals surface area contributed by atoms with Gasteiger partial charge in [-0.15, -0.1) is 0 Å². The van der Waals surface area contributed by atoms with Crippen molar-refractivity contribution in [2.45, 2.75) is 45.3 Å². The summed E-state index contributed by atoms with van der Waals surface area (Å²) in [6.45, 7) is 3.95. The van der Waals surface area contributed by atoms with Gasteiger partial charge in [0, 0.05) is 11.5 Å². The SMILES string of the molecule is Cc1ccc([C@@H](C)O)c(OCc2noc(C3CC3)n2)c1. The summed E-state index contributed by atoms with van der Waals surface area (Å²) in [7, 11) is 0. The first-order chi connectivity index (χ1) is 9.63. The lowest BCUT2D eigenvalue weighted by Crippen LogP contribution is -2.02. The average molecular weight is 274 g/mol. The lowest BCUT2D eigenvalue weighted by molar-refractivity contribution is 0.189. The molecule has 1 atom stereocenters. The number of hydrogen-bond donors (Lipinski definition) is 1.